The summed E-state index contributed by atoms with van der Waals surface area (Å²) >= 11 is 0. The molecule has 0 aliphatic carbocycles. The molecule has 0 unspecified atom stereocenters. The fourth-order valence-electron chi connectivity index (χ4n) is 2.90. The van der Waals surface area contributed by atoms with Crippen molar-refractivity contribution in [1.82, 2.24) is 19.4 Å². The van der Waals surface area contributed by atoms with Gasteiger partial charge in [0.2, 0.25) is 5.88 Å². The molecule has 0 saturated carbocycles. The van der Waals surface area contributed by atoms with Crippen LogP contribution in [0.4, 0.5) is 0 Å². The third-order valence-corrected chi connectivity index (χ3v) is 4.22. The van der Waals surface area contributed by atoms with Crippen LogP contribution >= 0.6 is 0 Å². The molecule has 3 rings (SSSR count). The molecule has 2 aromatic heterocycles. The minimum absolute atomic E-state index is 0.136. The summed E-state index contributed by atoms with van der Waals surface area (Å²) in [5.41, 5.74) is 6.85. The van der Waals surface area contributed by atoms with E-state index >= 15 is 0 Å². The van der Waals surface area contributed by atoms with Crippen LogP contribution in [0.1, 0.15) is 6.42 Å². The van der Waals surface area contributed by atoms with Gasteiger partial charge in [-0.3, -0.25) is 9.36 Å². The van der Waals surface area contributed by atoms with Crippen LogP contribution in [-0.2, 0) is 6.54 Å². The van der Waals surface area contributed by atoms with Crippen LogP contribution in [0.2, 0.25) is 0 Å². The van der Waals surface area contributed by atoms with E-state index in [0.717, 1.165) is 32.6 Å². The van der Waals surface area contributed by atoms with E-state index in [-0.39, 0.29) is 5.56 Å². The van der Waals surface area contributed by atoms with E-state index in [2.05, 4.69) is 14.9 Å². The molecule has 2 aromatic rings. The zero-order valence-electron chi connectivity index (χ0n) is 12.7. The molecule has 1 atom stereocenters. The summed E-state index contributed by atoms with van der Waals surface area (Å²) in [6, 6.07) is 3.56. The average Bonchev–Trinajstić information content (AvgIpc) is 3.01. The molecule has 1 aliphatic heterocycles. The van der Waals surface area contributed by atoms with Crippen LogP contribution in [0.25, 0.3) is 11.2 Å². The minimum Gasteiger partial charge on any atom is -0.481 e. The van der Waals surface area contributed by atoms with Gasteiger partial charge in [-0.1, -0.05) is 0 Å². The highest BCUT2D eigenvalue weighted by atomic mass is 16.5. The fraction of sp³-hybridized carbons (Fsp3) is 0.533. The molecule has 3 heterocycles. The Kier molecular flexibility index (Phi) is 4.35. The Labute approximate surface area is 128 Å². The Morgan fingerprint density at radius 2 is 2.27 bits per heavy atom. The SMILES string of the molecule is COc1ccc2ncc(=O)n(CCN3CC[C@@H](CN)C3)c2n1. The Bertz CT molecular complexity index is 715. The molecule has 7 heteroatoms. The Balaban J connectivity index is 1.83. The first-order valence-electron chi connectivity index (χ1n) is 7.54. The second kappa shape index (κ2) is 6.41. The summed E-state index contributed by atoms with van der Waals surface area (Å²) in [7, 11) is 1.56. The highest BCUT2D eigenvalue weighted by Crippen LogP contribution is 2.16. The predicted octanol–water partition coefficient (Wildman–Crippen LogP) is 0.0807. The van der Waals surface area contributed by atoms with Crippen LogP contribution in [-0.4, -0.2) is 52.7 Å². The summed E-state index contributed by atoms with van der Waals surface area (Å²) in [6.45, 7) is 4.18. The predicted molar refractivity (Wildman–Crippen MR) is 84.0 cm³/mol. The van der Waals surface area contributed by atoms with Gasteiger partial charge in [0, 0.05) is 25.7 Å². The zero-order chi connectivity index (χ0) is 15.5. The van der Waals surface area contributed by atoms with Crippen molar-refractivity contribution in [2.24, 2.45) is 11.7 Å². The van der Waals surface area contributed by atoms with Crippen LogP contribution in [0.5, 0.6) is 5.88 Å². The van der Waals surface area contributed by atoms with Crippen molar-refractivity contribution in [1.29, 1.82) is 0 Å². The Morgan fingerprint density at radius 3 is 3.00 bits per heavy atom. The maximum Gasteiger partial charge on any atom is 0.270 e. The molecule has 0 spiro atoms. The summed E-state index contributed by atoms with van der Waals surface area (Å²) in [4.78, 5) is 23.0. The van der Waals surface area contributed by atoms with Crippen LogP contribution in [0, 0.1) is 5.92 Å². The monoisotopic (exact) mass is 303 g/mol. The second-order valence-corrected chi connectivity index (χ2v) is 5.64. The molecule has 1 fully saturated rings. The highest BCUT2D eigenvalue weighted by Gasteiger charge is 2.21. The molecule has 7 nitrogen and oxygen atoms in total. The first kappa shape index (κ1) is 14.9. The number of aromatic nitrogens is 3. The second-order valence-electron chi connectivity index (χ2n) is 5.64. The number of ether oxygens (including phenoxy) is 1. The molecule has 1 saturated heterocycles. The number of likely N-dealkylation sites (tertiary alicyclic amines) is 1. The number of hydrogen-bond acceptors (Lipinski definition) is 6. The number of methoxy groups -OCH3 is 1. The van der Waals surface area contributed by atoms with Gasteiger partial charge in [0.15, 0.2) is 5.65 Å². The third-order valence-electron chi connectivity index (χ3n) is 4.22. The van der Waals surface area contributed by atoms with E-state index in [0.29, 0.717) is 29.5 Å². The number of nitrogens with zero attached hydrogens (tertiary/aromatic N) is 4. The Morgan fingerprint density at radius 1 is 1.41 bits per heavy atom. The Hall–Kier alpha value is -1.99. The molecular formula is C15H21N5O2. The van der Waals surface area contributed by atoms with Crippen LogP contribution in [0.15, 0.2) is 23.1 Å². The van der Waals surface area contributed by atoms with Gasteiger partial charge in [-0.2, -0.15) is 4.98 Å². The van der Waals surface area contributed by atoms with Gasteiger partial charge in [0.1, 0.15) is 5.52 Å². The maximum absolute atomic E-state index is 12.1. The number of fused-ring (bicyclic) bond motifs is 1. The van der Waals surface area contributed by atoms with Crippen molar-refractivity contribution in [2.75, 3.05) is 33.3 Å². The van der Waals surface area contributed by atoms with Gasteiger partial charge in [0.05, 0.1) is 13.3 Å². The molecule has 22 heavy (non-hydrogen) atoms. The quantitative estimate of drug-likeness (QED) is 0.842. The molecule has 1 aliphatic rings. The topological polar surface area (TPSA) is 86.3 Å². The standard InChI is InChI=1S/C15H21N5O2/c1-22-13-3-2-12-15(18-13)20(14(21)9-17-12)7-6-19-5-4-11(8-16)10-19/h2-3,9,11H,4-8,10,16H2,1H3/t11-/m0/s1. The van der Waals surface area contributed by atoms with Crippen molar-refractivity contribution >= 4 is 11.2 Å². The van der Waals surface area contributed by atoms with E-state index in [1.807, 2.05) is 6.07 Å². The number of pyridine rings is 1. The fourth-order valence-corrected chi connectivity index (χ4v) is 2.90. The molecular weight excluding hydrogens is 282 g/mol. The minimum atomic E-state index is -0.136. The average molecular weight is 303 g/mol. The van der Waals surface area contributed by atoms with Crippen molar-refractivity contribution in [2.45, 2.75) is 13.0 Å². The zero-order valence-corrected chi connectivity index (χ0v) is 12.7. The largest absolute Gasteiger partial charge is 0.481 e. The van der Waals surface area contributed by atoms with Crippen molar-refractivity contribution < 1.29 is 4.74 Å². The lowest BCUT2D eigenvalue weighted by Crippen LogP contribution is -2.31. The summed E-state index contributed by atoms with van der Waals surface area (Å²) < 4.78 is 6.81. The third kappa shape index (κ3) is 2.95. The molecule has 0 bridgehead atoms. The van der Waals surface area contributed by atoms with Gasteiger partial charge in [-0.05, 0) is 31.5 Å². The van der Waals surface area contributed by atoms with Gasteiger partial charge >= 0.3 is 0 Å². The lowest BCUT2D eigenvalue weighted by molar-refractivity contribution is 0.310. The van der Waals surface area contributed by atoms with Crippen LogP contribution in [0.3, 0.4) is 0 Å². The van der Waals surface area contributed by atoms with E-state index in [1.165, 1.54) is 6.20 Å². The summed E-state index contributed by atoms with van der Waals surface area (Å²) in [5.74, 6) is 1.06. The first-order chi connectivity index (χ1) is 10.7. The van der Waals surface area contributed by atoms with Crippen molar-refractivity contribution in [3.8, 4) is 5.88 Å². The summed E-state index contributed by atoms with van der Waals surface area (Å²) in [5, 5.41) is 0. The van der Waals surface area contributed by atoms with E-state index in [4.69, 9.17) is 10.5 Å². The van der Waals surface area contributed by atoms with Gasteiger partial charge in [0.25, 0.3) is 5.56 Å². The highest BCUT2D eigenvalue weighted by molar-refractivity contribution is 5.70. The number of nitrogens with two attached hydrogens (primary N) is 1. The first-order valence-corrected chi connectivity index (χ1v) is 7.54. The molecule has 0 radical (unpaired) electrons. The number of hydrogen-bond donors (Lipinski definition) is 1. The van der Waals surface area contributed by atoms with Gasteiger partial charge in [-0.15, -0.1) is 0 Å². The number of rotatable bonds is 5. The van der Waals surface area contributed by atoms with Gasteiger partial charge in [-0.25, -0.2) is 4.98 Å². The molecule has 0 aromatic carbocycles. The van der Waals surface area contributed by atoms with E-state index < -0.39 is 0 Å². The lowest BCUT2D eigenvalue weighted by atomic mass is 10.1. The molecule has 0 amide bonds. The smallest absolute Gasteiger partial charge is 0.270 e. The van der Waals surface area contributed by atoms with E-state index in [1.54, 1.807) is 17.7 Å². The van der Waals surface area contributed by atoms with Gasteiger partial charge < -0.3 is 15.4 Å². The maximum atomic E-state index is 12.1. The molecule has 2 N–H and O–H groups in total. The van der Waals surface area contributed by atoms with Crippen LogP contribution < -0.4 is 16.0 Å². The van der Waals surface area contributed by atoms with E-state index in [9.17, 15) is 4.79 Å². The lowest BCUT2D eigenvalue weighted by Gasteiger charge is -2.17. The molecule has 118 valence electrons. The van der Waals surface area contributed by atoms with Crippen molar-refractivity contribution in [3.63, 3.8) is 0 Å². The summed E-state index contributed by atoms with van der Waals surface area (Å²) in [6.07, 6.45) is 2.48. The normalized spacial score (nSPS) is 18.9. The van der Waals surface area contributed by atoms with Crippen molar-refractivity contribution in [3.05, 3.63) is 28.7 Å².